The predicted molar refractivity (Wildman–Crippen MR) is 88.9 cm³/mol. The quantitative estimate of drug-likeness (QED) is 0.677. The van der Waals surface area contributed by atoms with Crippen LogP contribution in [0.25, 0.3) is 0 Å². The second-order valence-corrected chi connectivity index (χ2v) is 6.90. The fourth-order valence-corrected chi connectivity index (χ4v) is 2.89. The van der Waals surface area contributed by atoms with Gasteiger partial charge >= 0.3 is 5.97 Å². The van der Waals surface area contributed by atoms with E-state index in [0.717, 1.165) is 0 Å². The van der Waals surface area contributed by atoms with Gasteiger partial charge in [-0.3, -0.25) is 9.59 Å². The van der Waals surface area contributed by atoms with E-state index in [2.05, 4.69) is 10.6 Å². The minimum atomic E-state index is -3.74. The zero-order chi connectivity index (χ0) is 18.3. The molecule has 130 valence electrons. The third-order valence-corrected chi connectivity index (χ3v) is 4.88. The Morgan fingerprint density at radius 1 is 1.33 bits per heavy atom. The van der Waals surface area contributed by atoms with E-state index in [9.17, 15) is 18.0 Å². The van der Waals surface area contributed by atoms with Crippen molar-refractivity contribution in [2.75, 3.05) is 13.1 Å². The number of carboxylic acid groups (broad SMARTS) is 1. The number of sulfonamides is 1. The van der Waals surface area contributed by atoms with Crippen molar-refractivity contribution in [1.82, 2.24) is 9.62 Å². The maximum Gasteiger partial charge on any atom is 0.323 e. The van der Waals surface area contributed by atoms with Gasteiger partial charge in [-0.25, -0.2) is 8.42 Å². The summed E-state index contributed by atoms with van der Waals surface area (Å²) in [6.45, 7) is 3.05. The molecule has 8 heteroatoms. The molecule has 0 heterocycles. The second-order valence-electron chi connectivity index (χ2n) is 5.14. The number of terminal acetylenes is 1. The molecule has 0 aliphatic rings. The van der Waals surface area contributed by atoms with E-state index in [0.29, 0.717) is 6.42 Å². The first-order valence-corrected chi connectivity index (χ1v) is 8.77. The fourth-order valence-electron chi connectivity index (χ4n) is 1.96. The molecule has 1 aromatic rings. The molecule has 1 unspecified atom stereocenters. The van der Waals surface area contributed by atoms with Gasteiger partial charge in [0.05, 0.1) is 11.4 Å². The smallest absolute Gasteiger partial charge is 0.323 e. The van der Waals surface area contributed by atoms with Crippen molar-refractivity contribution >= 4 is 21.9 Å². The Bertz CT molecular complexity index is 735. The van der Waals surface area contributed by atoms with Crippen LogP contribution in [0, 0.1) is 12.3 Å². The molecule has 2 N–H and O–H groups in total. The van der Waals surface area contributed by atoms with E-state index in [1.54, 1.807) is 6.92 Å². The summed E-state index contributed by atoms with van der Waals surface area (Å²) in [5.41, 5.74) is 0.215. The Morgan fingerprint density at radius 3 is 2.38 bits per heavy atom. The molecule has 0 bridgehead atoms. The molecule has 7 nitrogen and oxygen atoms in total. The average Bonchev–Trinajstić information content (AvgIpc) is 2.56. The summed E-state index contributed by atoms with van der Waals surface area (Å²) in [5.74, 6) is 0.593. The normalized spacial score (nSPS) is 12.2. The van der Waals surface area contributed by atoms with Crippen LogP contribution in [0.1, 0.15) is 30.6 Å². The van der Waals surface area contributed by atoms with Gasteiger partial charge in [0.15, 0.2) is 0 Å². The van der Waals surface area contributed by atoms with Crippen molar-refractivity contribution in [1.29, 1.82) is 0 Å². The molecule has 1 rings (SSSR count). The van der Waals surface area contributed by atoms with Crippen molar-refractivity contribution < 1.29 is 23.1 Å². The lowest BCUT2D eigenvalue weighted by molar-refractivity contribution is -0.138. The molecule has 0 spiro atoms. The Balaban J connectivity index is 3.04. The number of carbonyl (C=O) groups excluding carboxylic acids is 1. The highest BCUT2D eigenvalue weighted by molar-refractivity contribution is 7.89. The number of carboxylic acids is 1. The molecule has 0 aromatic heterocycles. The van der Waals surface area contributed by atoms with Crippen molar-refractivity contribution in [3.8, 4) is 12.3 Å². The van der Waals surface area contributed by atoms with E-state index < -0.39 is 28.4 Å². The van der Waals surface area contributed by atoms with E-state index >= 15 is 0 Å². The number of rotatable bonds is 8. The monoisotopic (exact) mass is 352 g/mol. The van der Waals surface area contributed by atoms with Gasteiger partial charge in [0.1, 0.15) is 6.54 Å². The largest absolute Gasteiger partial charge is 0.480 e. The van der Waals surface area contributed by atoms with Crippen LogP contribution in [0.3, 0.4) is 0 Å². The number of hydrogen-bond donors (Lipinski definition) is 2. The van der Waals surface area contributed by atoms with E-state index in [1.165, 1.54) is 29.2 Å². The Kier molecular flexibility index (Phi) is 6.95. The van der Waals surface area contributed by atoms with Gasteiger partial charge in [-0.2, -0.15) is 4.72 Å². The molecule has 24 heavy (non-hydrogen) atoms. The third-order valence-electron chi connectivity index (χ3n) is 3.47. The lowest BCUT2D eigenvalue weighted by Gasteiger charge is -2.27. The van der Waals surface area contributed by atoms with Crippen LogP contribution in [-0.4, -0.2) is 49.4 Å². The van der Waals surface area contributed by atoms with Crippen molar-refractivity contribution in [3.63, 3.8) is 0 Å². The molecule has 1 atom stereocenters. The maximum atomic E-state index is 12.5. The number of carbonyl (C=O) groups is 2. The van der Waals surface area contributed by atoms with E-state index in [4.69, 9.17) is 11.5 Å². The van der Waals surface area contributed by atoms with Crippen LogP contribution < -0.4 is 4.72 Å². The maximum absolute atomic E-state index is 12.5. The summed E-state index contributed by atoms with van der Waals surface area (Å²) in [5, 5.41) is 8.96. The number of benzene rings is 1. The lowest BCUT2D eigenvalue weighted by atomic mass is 10.1. The van der Waals surface area contributed by atoms with Crippen LogP contribution in [0.15, 0.2) is 29.2 Å². The highest BCUT2D eigenvalue weighted by atomic mass is 32.2. The van der Waals surface area contributed by atoms with Gasteiger partial charge in [0.2, 0.25) is 10.0 Å². The van der Waals surface area contributed by atoms with Gasteiger partial charge in [-0.15, -0.1) is 6.42 Å². The average molecular weight is 352 g/mol. The standard InChI is InChI=1S/C16H20N2O5S/c1-4-10-17-24(22,23)14-8-6-13(7-9-14)16(21)18(11-15(19)20)12(3)5-2/h1,6-9,12,17H,5,10-11H2,2-3H3,(H,19,20). The zero-order valence-electron chi connectivity index (χ0n) is 13.5. The van der Waals surface area contributed by atoms with Crippen LogP contribution in [-0.2, 0) is 14.8 Å². The molecule has 0 saturated carbocycles. The number of nitrogens with zero attached hydrogens (tertiary/aromatic N) is 1. The summed E-state index contributed by atoms with van der Waals surface area (Å²) in [4.78, 5) is 24.7. The second kappa shape index (κ2) is 8.47. The van der Waals surface area contributed by atoms with Crippen LogP contribution in [0.5, 0.6) is 0 Å². The molecule has 1 amide bonds. The summed E-state index contributed by atoms with van der Waals surface area (Å²) < 4.78 is 26.1. The Labute approximate surface area is 141 Å². The number of hydrogen-bond acceptors (Lipinski definition) is 4. The van der Waals surface area contributed by atoms with E-state index in [-0.39, 0.29) is 23.0 Å². The van der Waals surface area contributed by atoms with Crippen molar-refractivity contribution in [3.05, 3.63) is 29.8 Å². The van der Waals surface area contributed by atoms with Gasteiger partial charge in [0.25, 0.3) is 5.91 Å². The summed E-state index contributed by atoms with van der Waals surface area (Å²) in [6.07, 6.45) is 5.62. The number of aliphatic carboxylic acids is 1. The molecule has 0 aliphatic carbocycles. The first kappa shape index (κ1) is 19.7. The first-order valence-electron chi connectivity index (χ1n) is 7.28. The Hall–Kier alpha value is -2.37. The molecular weight excluding hydrogens is 332 g/mol. The van der Waals surface area contributed by atoms with Crippen LogP contribution in [0.2, 0.25) is 0 Å². The summed E-state index contributed by atoms with van der Waals surface area (Å²) in [7, 11) is -3.74. The predicted octanol–water partition coefficient (Wildman–Crippen LogP) is 0.923. The van der Waals surface area contributed by atoms with Gasteiger partial charge < -0.3 is 10.0 Å². The SMILES string of the molecule is C#CCNS(=O)(=O)c1ccc(C(=O)N(CC(=O)O)C(C)CC)cc1. The highest BCUT2D eigenvalue weighted by Crippen LogP contribution is 2.14. The minimum absolute atomic E-state index is 0.0253. The number of amides is 1. The Morgan fingerprint density at radius 2 is 1.92 bits per heavy atom. The topological polar surface area (TPSA) is 104 Å². The highest BCUT2D eigenvalue weighted by Gasteiger charge is 2.23. The van der Waals surface area contributed by atoms with Crippen LogP contribution in [0.4, 0.5) is 0 Å². The lowest BCUT2D eigenvalue weighted by Crippen LogP contribution is -2.41. The fraction of sp³-hybridized carbons (Fsp3) is 0.375. The van der Waals surface area contributed by atoms with E-state index in [1.807, 2.05) is 6.92 Å². The molecule has 0 fully saturated rings. The number of nitrogens with one attached hydrogen (secondary N) is 1. The van der Waals surface area contributed by atoms with Gasteiger partial charge in [-0.05, 0) is 37.6 Å². The molecule has 0 radical (unpaired) electrons. The third kappa shape index (κ3) is 5.08. The van der Waals surface area contributed by atoms with Crippen LogP contribution >= 0.6 is 0 Å². The molecular formula is C16H20N2O5S. The summed E-state index contributed by atoms with van der Waals surface area (Å²) >= 11 is 0. The molecule has 0 aliphatic heterocycles. The van der Waals surface area contributed by atoms with Crippen molar-refractivity contribution in [2.45, 2.75) is 31.2 Å². The van der Waals surface area contributed by atoms with Crippen molar-refractivity contribution in [2.24, 2.45) is 0 Å². The summed E-state index contributed by atoms with van der Waals surface area (Å²) in [6, 6.07) is 5.01. The molecule has 1 aromatic carbocycles. The zero-order valence-corrected chi connectivity index (χ0v) is 14.3. The van der Waals surface area contributed by atoms with Gasteiger partial charge in [0, 0.05) is 11.6 Å². The first-order chi connectivity index (χ1) is 11.2. The molecule has 0 saturated heterocycles. The minimum Gasteiger partial charge on any atom is -0.480 e. The van der Waals surface area contributed by atoms with Gasteiger partial charge in [-0.1, -0.05) is 12.8 Å².